The standard InChI is InChI=1S/C18H26FN3O6/c1-12(21(5)17(24)28-18(2,3)4)16(23)20-7-6-8-27-15-10-13(19)9-14(11-15)22(25)26/h9-12H,6-8H2,1-5H3,(H,20,23)/t12-/m0/s1. The minimum atomic E-state index is -0.767. The van der Waals surface area contributed by atoms with Crippen molar-refractivity contribution in [2.45, 2.75) is 45.8 Å². The summed E-state index contributed by atoms with van der Waals surface area (Å²) in [5, 5.41) is 13.4. The van der Waals surface area contributed by atoms with Crippen LogP contribution in [0.5, 0.6) is 5.75 Å². The fraction of sp³-hybridized carbons (Fsp3) is 0.556. The summed E-state index contributed by atoms with van der Waals surface area (Å²) in [5.74, 6) is -1.10. The van der Waals surface area contributed by atoms with Gasteiger partial charge in [0, 0.05) is 19.7 Å². The third-order valence-electron chi connectivity index (χ3n) is 3.60. The van der Waals surface area contributed by atoms with Crippen molar-refractivity contribution in [3.05, 3.63) is 34.1 Å². The number of nitro benzene ring substituents is 1. The molecule has 1 N–H and O–H groups in total. The van der Waals surface area contributed by atoms with Gasteiger partial charge in [-0.3, -0.25) is 19.8 Å². The van der Waals surface area contributed by atoms with Crippen LogP contribution in [-0.2, 0) is 9.53 Å². The van der Waals surface area contributed by atoms with Gasteiger partial charge in [-0.1, -0.05) is 0 Å². The molecule has 1 aromatic carbocycles. The number of carbonyl (C=O) groups excluding carboxylic acids is 2. The largest absolute Gasteiger partial charge is 0.493 e. The summed E-state index contributed by atoms with van der Waals surface area (Å²) in [5.41, 5.74) is -1.06. The molecule has 0 fully saturated rings. The van der Waals surface area contributed by atoms with E-state index in [2.05, 4.69) is 5.32 Å². The van der Waals surface area contributed by atoms with E-state index in [1.165, 1.54) is 11.9 Å². The molecule has 28 heavy (non-hydrogen) atoms. The van der Waals surface area contributed by atoms with Gasteiger partial charge in [0.05, 0.1) is 23.7 Å². The Hall–Kier alpha value is -2.91. The van der Waals surface area contributed by atoms with E-state index in [0.717, 1.165) is 18.2 Å². The average molecular weight is 399 g/mol. The van der Waals surface area contributed by atoms with Crippen LogP contribution in [-0.4, -0.2) is 53.7 Å². The zero-order chi connectivity index (χ0) is 21.5. The molecule has 10 heteroatoms. The third kappa shape index (κ3) is 7.77. The predicted molar refractivity (Wildman–Crippen MR) is 99.6 cm³/mol. The van der Waals surface area contributed by atoms with Gasteiger partial charge in [0.15, 0.2) is 0 Å². The first-order valence-corrected chi connectivity index (χ1v) is 8.72. The molecule has 2 amide bonds. The number of benzene rings is 1. The highest BCUT2D eigenvalue weighted by Gasteiger charge is 2.26. The molecule has 0 aliphatic carbocycles. The van der Waals surface area contributed by atoms with Crippen molar-refractivity contribution in [1.82, 2.24) is 10.2 Å². The van der Waals surface area contributed by atoms with Crippen LogP contribution in [0.3, 0.4) is 0 Å². The quantitative estimate of drug-likeness (QED) is 0.409. The number of halogens is 1. The number of nitro groups is 1. The molecule has 0 aliphatic rings. The first kappa shape index (κ1) is 23.1. The highest BCUT2D eigenvalue weighted by Crippen LogP contribution is 2.21. The molecular formula is C18H26FN3O6. The molecule has 1 aromatic rings. The Balaban J connectivity index is 2.40. The normalized spacial score (nSPS) is 12.1. The number of likely N-dealkylation sites (N-methyl/N-ethyl adjacent to an activating group) is 1. The van der Waals surface area contributed by atoms with Gasteiger partial charge in [-0.15, -0.1) is 0 Å². The number of non-ortho nitro benzene ring substituents is 1. The second-order valence-corrected chi connectivity index (χ2v) is 7.16. The number of nitrogens with zero attached hydrogens (tertiary/aromatic N) is 2. The molecule has 0 radical (unpaired) electrons. The number of ether oxygens (including phenoxy) is 2. The smallest absolute Gasteiger partial charge is 0.410 e. The maximum atomic E-state index is 13.3. The second-order valence-electron chi connectivity index (χ2n) is 7.16. The lowest BCUT2D eigenvalue weighted by atomic mass is 10.2. The molecule has 0 unspecified atom stereocenters. The Morgan fingerprint density at radius 2 is 1.96 bits per heavy atom. The second kappa shape index (κ2) is 9.86. The number of hydrogen-bond acceptors (Lipinski definition) is 6. The Labute approximate surface area is 162 Å². The van der Waals surface area contributed by atoms with Gasteiger partial charge in [0.25, 0.3) is 5.69 Å². The summed E-state index contributed by atoms with van der Waals surface area (Å²) in [6.45, 7) is 7.14. The highest BCUT2D eigenvalue weighted by atomic mass is 19.1. The van der Waals surface area contributed by atoms with Crippen LogP contribution in [0.25, 0.3) is 0 Å². The fourth-order valence-corrected chi connectivity index (χ4v) is 2.03. The van der Waals surface area contributed by atoms with Crippen LogP contribution in [0.4, 0.5) is 14.9 Å². The monoisotopic (exact) mass is 399 g/mol. The fourth-order valence-electron chi connectivity index (χ4n) is 2.03. The zero-order valence-corrected chi connectivity index (χ0v) is 16.7. The van der Waals surface area contributed by atoms with Crippen molar-refractivity contribution < 1.29 is 28.4 Å². The molecule has 0 bridgehead atoms. The number of nitrogens with one attached hydrogen (secondary N) is 1. The van der Waals surface area contributed by atoms with E-state index in [-0.39, 0.29) is 24.8 Å². The van der Waals surface area contributed by atoms with Crippen molar-refractivity contribution in [1.29, 1.82) is 0 Å². The summed E-state index contributed by atoms with van der Waals surface area (Å²) < 4.78 is 23.8. The number of amides is 2. The van der Waals surface area contributed by atoms with E-state index in [1.807, 2.05) is 0 Å². The Bertz CT molecular complexity index is 720. The molecule has 1 atom stereocenters. The van der Waals surface area contributed by atoms with Crippen LogP contribution in [0.1, 0.15) is 34.1 Å². The van der Waals surface area contributed by atoms with Crippen LogP contribution in [0, 0.1) is 15.9 Å². The zero-order valence-electron chi connectivity index (χ0n) is 16.7. The Morgan fingerprint density at radius 3 is 2.54 bits per heavy atom. The van der Waals surface area contributed by atoms with Gasteiger partial charge in [0.1, 0.15) is 23.2 Å². The SMILES string of the molecule is C[C@@H](C(=O)NCCCOc1cc(F)cc([N+](=O)[O-])c1)N(C)C(=O)OC(C)(C)C. The van der Waals surface area contributed by atoms with Crippen molar-refractivity contribution in [3.8, 4) is 5.75 Å². The van der Waals surface area contributed by atoms with Crippen molar-refractivity contribution in [2.75, 3.05) is 20.2 Å². The van der Waals surface area contributed by atoms with E-state index >= 15 is 0 Å². The molecule has 0 aromatic heterocycles. The van der Waals surface area contributed by atoms with E-state index in [9.17, 15) is 24.1 Å². The van der Waals surface area contributed by atoms with E-state index < -0.39 is 34.2 Å². The van der Waals surface area contributed by atoms with Gasteiger partial charge in [-0.05, 0) is 34.1 Å². The van der Waals surface area contributed by atoms with Gasteiger partial charge < -0.3 is 14.8 Å². The Morgan fingerprint density at radius 1 is 1.32 bits per heavy atom. The number of hydrogen-bond donors (Lipinski definition) is 1. The molecular weight excluding hydrogens is 373 g/mol. The lowest BCUT2D eigenvalue weighted by Gasteiger charge is -2.28. The van der Waals surface area contributed by atoms with Gasteiger partial charge >= 0.3 is 6.09 Å². The van der Waals surface area contributed by atoms with E-state index in [4.69, 9.17) is 9.47 Å². The van der Waals surface area contributed by atoms with Gasteiger partial charge in [-0.2, -0.15) is 0 Å². The first-order valence-electron chi connectivity index (χ1n) is 8.72. The molecule has 1 rings (SSSR count). The van der Waals surface area contributed by atoms with Crippen molar-refractivity contribution in [3.63, 3.8) is 0 Å². The third-order valence-corrected chi connectivity index (χ3v) is 3.60. The molecule has 0 saturated heterocycles. The van der Waals surface area contributed by atoms with Gasteiger partial charge in [-0.25, -0.2) is 9.18 Å². The van der Waals surface area contributed by atoms with Crippen molar-refractivity contribution >= 4 is 17.7 Å². The maximum absolute atomic E-state index is 13.3. The van der Waals surface area contributed by atoms with E-state index in [0.29, 0.717) is 6.42 Å². The molecule has 156 valence electrons. The van der Waals surface area contributed by atoms with Gasteiger partial charge in [0.2, 0.25) is 5.91 Å². The van der Waals surface area contributed by atoms with Crippen LogP contribution >= 0.6 is 0 Å². The molecule has 0 spiro atoms. The molecule has 0 saturated carbocycles. The lowest BCUT2D eigenvalue weighted by Crippen LogP contribution is -2.47. The minimum absolute atomic E-state index is 0.0380. The maximum Gasteiger partial charge on any atom is 0.410 e. The topological polar surface area (TPSA) is 111 Å². The number of rotatable bonds is 8. The number of carbonyl (C=O) groups is 2. The summed E-state index contributed by atoms with van der Waals surface area (Å²) in [6.07, 6.45) is -0.218. The van der Waals surface area contributed by atoms with Crippen LogP contribution in [0.2, 0.25) is 0 Å². The molecule has 0 aliphatic heterocycles. The van der Waals surface area contributed by atoms with Crippen LogP contribution < -0.4 is 10.1 Å². The highest BCUT2D eigenvalue weighted by molar-refractivity contribution is 5.85. The van der Waals surface area contributed by atoms with E-state index in [1.54, 1.807) is 27.7 Å². The summed E-state index contributed by atoms with van der Waals surface area (Å²) in [4.78, 5) is 35.3. The Kier molecular flexibility index (Phi) is 8.15. The first-order chi connectivity index (χ1) is 12.9. The predicted octanol–water partition coefficient (Wildman–Crippen LogP) is 2.87. The van der Waals surface area contributed by atoms with Crippen molar-refractivity contribution in [2.24, 2.45) is 0 Å². The molecule has 0 heterocycles. The van der Waals surface area contributed by atoms with Crippen LogP contribution in [0.15, 0.2) is 18.2 Å². The molecule has 9 nitrogen and oxygen atoms in total. The minimum Gasteiger partial charge on any atom is -0.493 e. The summed E-state index contributed by atoms with van der Waals surface area (Å²) in [6, 6.07) is 2.24. The summed E-state index contributed by atoms with van der Waals surface area (Å²) >= 11 is 0. The summed E-state index contributed by atoms with van der Waals surface area (Å²) in [7, 11) is 1.47. The average Bonchev–Trinajstić information content (AvgIpc) is 2.57. The lowest BCUT2D eigenvalue weighted by molar-refractivity contribution is -0.385.